The van der Waals surface area contributed by atoms with Crippen molar-refractivity contribution in [2.75, 3.05) is 13.2 Å². The maximum absolute atomic E-state index is 6.02. The number of nitrogens with zero attached hydrogens (tertiary/aromatic N) is 2. The highest BCUT2D eigenvalue weighted by Crippen LogP contribution is 2.37. The Balaban J connectivity index is 2.18. The fraction of sp³-hybridized carbons (Fsp3) is 0.857. The monoisotopic (exact) mass is 267 g/mol. The molecule has 1 unspecified atom stereocenters. The Bertz CT molecular complexity index is 384. The van der Waals surface area contributed by atoms with Crippen LogP contribution < -0.4 is 5.73 Å². The van der Waals surface area contributed by atoms with Gasteiger partial charge in [0.25, 0.3) is 0 Å². The smallest absolute Gasteiger partial charge is 0.234 e. The molecule has 0 saturated heterocycles. The SMILES string of the molecule is CCOC(C)c1noc(C2(CN)CCCCCC2)n1. The molecule has 1 saturated carbocycles. The van der Waals surface area contributed by atoms with Crippen LogP contribution in [0.4, 0.5) is 0 Å². The van der Waals surface area contributed by atoms with Gasteiger partial charge in [-0.2, -0.15) is 4.98 Å². The first-order valence-electron chi connectivity index (χ1n) is 7.37. The third-order valence-electron chi connectivity index (χ3n) is 4.13. The molecule has 5 nitrogen and oxygen atoms in total. The van der Waals surface area contributed by atoms with Gasteiger partial charge in [0.1, 0.15) is 6.10 Å². The van der Waals surface area contributed by atoms with Crippen molar-refractivity contribution in [3.63, 3.8) is 0 Å². The minimum Gasteiger partial charge on any atom is -0.371 e. The summed E-state index contributed by atoms with van der Waals surface area (Å²) in [6, 6.07) is 0. The van der Waals surface area contributed by atoms with Gasteiger partial charge >= 0.3 is 0 Å². The normalized spacial score (nSPS) is 21.0. The molecule has 0 bridgehead atoms. The largest absolute Gasteiger partial charge is 0.371 e. The van der Waals surface area contributed by atoms with Crippen LogP contribution in [0.5, 0.6) is 0 Å². The van der Waals surface area contributed by atoms with Crippen LogP contribution in [-0.4, -0.2) is 23.3 Å². The minimum absolute atomic E-state index is 0.117. The van der Waals surface area contributed by atoms with E-state index in [9.17, 15) is 0 Å². The van der Waals surface area contributed by atoms with E-state index < -0.39 is 0 Å². The van der Waals surface area contributed by atoms with Gasteiger partial charge in [-0.1, -0.05) is 30.8 Å². The molecule has 1 heterocycles. The molecular weight excluding hydrogens is 242 g/mol. The van der Waals surface area contributed by atoms with Crippen LogP contribution >= 0.6 is 0 Å². The highest BCUT2D eigenvalue weighted by molar-refractivity contribution is 5.08. The fourth-order valence-electron chi connectivity index (χ4n) is 2.85. The lowest BCUT2D eigenvalue weighted by Gasteiger charge is -2.26. The molecule has 1 aromatic rings. The number of rotatable bonds is 5. The minimum atomic E-state index is -0.122. The molecule has 0 radical (unpaired) electrons. The van der Waals surface area contributed by atoms with Gasteiger partial charge in [0.05, 0.1) is 5.41 Å². The quantitative estimate of drug-likeness (QED) is 0.830. The summed E-state index contributed by atoms with van der Waals surface area (Å²) >= 11 is 0. The van der Waals surface area contributed by atoms with Gasteiger partial charge in [0.2, 0.25) is 5.89 Å². The van der Waals surface area contributed by atoms with Crippen LogP contribution in [0.3, 0.4) is 0 Å². The molecule has 0 aromatic carbocycles. The van der Waals surface area contributed by atoms with Gasteiger partial charge in [-0.25, -0.2) is 0 Å². The van der Waals surface area contributed by atoms with Gasteiger partial charge in [-0.3, -0.25) is 0 Å². The Kier molecular flexibility index (Phi) is 4.93. The molecule has 108 valence electrons. The second-order valence-electron chi connectivity index (χ2n) is 5.45. The van der Waals surface area contributed by atoms with Gasteiger partial charge in [-0.05, 0) is 26.7 Å². The van der Waals surface area contributed by atoms with Crippen LogP contribution in [0.25, 0.3) is 0 Å². The van der Waals surface area contributed by atoms with Crippen molar-refractivity contribution in [2.24, 2.45) is 5.73 Å². The topological polar surface area (TPSA) is 74.2 Å². The maximum Gasteiger partial charge on any atom is 0.234 e. The molecule has 1 fully saturated rings. The summed E-state index contributed by atoms with van der Waals surface area (Å²) in [5.41, 5.74) is 5.91. The van der Waals surface area contributed by atoms with E-state index >= 15 is 0 Å². The van der Waals surface area contributed by atoms with Crippen molar-refractivity contribution in [1.82, 2.24) is 10.1 Å². The second kappa shape index (κ2) is 6.48. The van der Waals surface area contributed by atoms with E-state index in [4.69, 9.17) is 15.0 Å². The van der Waals surface area contributed by atoms with Gasteiger partial charge in [-0.15, -0.1) is 0 Å². The summed E-state index contributed by atoms with van der Waals surface area (Å²) in [7, 11) is 0. The molecule has 19 heavy (non-hydrogen) atoms. The molecule has 2 N–H and O–H groups in total. The van der Waals surface area contributed by atoms with E-state index in [0.717, 1.165) is 12.8 Å². The van der Waals surface area contributed by atoms with Crippen molar-refractivity contribution in [3.8, 4) is 0 Å². The molecule has 1 aliphatic rings. The summed E-state index contributed by atoms with van der Waals surface area (Å²) in [5.74, 6) is 1.34. The van der Waals surface area contributed by atoms with E-state index in [-0.39, 0.29) is 11.5 Å². The fourth-order valence-corrected chi connectivity index (χ4v) is 2.85. The van der Waals surface area contributed by atoms with E-state index in [2.05, 4.69) is 10.1 Å². The standard InChI is InChI=1S/C14H25N3O2/c1-3-18-11(2)12-16-13(19-17-12)14(10-15)8-6-4-5-7-9-14/h11H,3-10,15H2,1-2H3. The van der Waals surface area contributed by atoms with Crippen molar-refractivity contribution >= 4 is 0 Å². The molecule has 0 spiro atoms. The molecule has 0 amide bonds. The average Bonchev–Trinajstić information content (AvgIpc) is 2.79. The van der Waals surface area contributed by atoms with Crippen LogP contribution in [0.15, 0.2) is 4.52 Å². The van der Waals surface area contributed by atoms with Crippen molar-refractivity contribution in [2.45, 2.75) is 63.9 Å². The molecule has 2 rings (SSSR count). The summed E-state index contributed by atoms with van der Waals surface area (Å²) in [4.78, 5) is 4.55. The zero-order chi connectivity index (χ0) is 13.7. The van der Waals surface area contributed by atoms with E-state index in [1.807, 2.05) is 13.8 Å². The maximum atomic E-state index is 6.02. The molecule has 1 aliphatic carbocycles. The summed E-state index contributed by atoms with van der Waals surface area (Å²) in [6.07, 6.45) is 6.91. The van der Waals surface area contributed by atoms with E-state index in [1.54, 1.807) is 0 Å². The second-order valence-corrected chi connectivity index (χ2v) is 5.45. The lowest BCUT2D eigenvalue weighted by Crippen LogP contribution is -2.35. The van der Waals surface area contributed by atoms with Crippen LogP contribution in [0.2, 0.25) is 0 Å². The first-order valence-corrected chi connectivity index (χ1v) is 7.37. The molecule has 5 heteroatoms. The van der Waals surface area contributed by atoms with Gasteiger partial charge in [0.15, 0.2) is 5.82 Å². The van der Waals surface area contributed by atoms with Crippen LogP contribution in [0.1, 0.15) is 70.2 Å². The zero-order valence-corrected chi connectivity index (χ0v) is 12.0. The van der Waals surface area contributed by atoms with Crippen molar-refractivity contribution in [1.29, 1.82) is 0 Å². The first-order chi connectivity index (χ1) is 9.22. The number of hydrogen-bond donors (Lipinski definition) is 1. The zero-order valence-electron chi connectivity index (χ0n) is 12.0. The van der Waals surface area contributed by atoms with E-state index in [0.29, 0.717) is 24.9 Å². The summed E-state index contributed by atoms with van der Waals surface area (Å²) in [5, 5.41) is 4.07. The van der Waals surface area contributed by atoms with Crippen LogP contribution in [0, 0.1) is 0 Å². The molecule has 1 aromatic heterocycles. The number of ether oxygens (including phenoxy) is 1. The third kappa shape index (κ3) is 3.15. The van der Waals surface area contributed by atoms with Gasteiger partial charge in [0, 0.05) is 13.2 Å². The molecule has 1 atom stereocenters. The Morgan fingerprint density at radius 2 is 2.00 bits per heavy atom. The van der Waals surface area contributed by atoms with Gasteiger partial charge < -0.3 is 15.0 Å². The highest BCUT2D eigenvalue weighted by atomic mass is 16.5. The van der Waals surface area contributed by atoms with Crippen LogP contribution in [-0.2, 0) is 10.2 Å². The third-order valence-corrected chi connectivity index (χ3v) is 4.13. The predicted molar refractivity (Wildman–Crippen MR) is 72.8 cm³/mol. The number of nitrogens with two attached hydrogens (primary N) is 1. The Morgan fingerprint density at radius 3 is 2.58 bits per heavy atom. The Labute approximate surface area is 114 Å². The Hall–Kier alpha value is -0.940. The highest BCUT2D eigenvalue weighted by Gasteiger charge is 2.37. The van der Waals surface area contributed by atoms with Crippen molar-refractivity contribution in [3.05, 3.63) is 11.7 Å². The van der Waals surface area contributed by atoms with Crippen molar-refractivity contribution < 1.29 is 9.26 Å². The lowest BCUT2D eigenvalue weighted by molar-refractivity contribution is 0.0683. The Morgan fingerprint density at radius 1 is 1.32 bits per heavy atom. The first kappa shape index (κ1) is 14.5. The number of aromatic nitrogens is 2. The molecule has 0 aliphatic heterocycles. The summed E-state index contributed by atoms with van der Waals surface area (Å²) < 4.78 is 11.0. The molecular formula is C14H25N3O2. The average molecular weight is 267 g/mol. The summed E-state index contributed by atoms with van der Waals surface area (Å²) in [6.45, 7) is 5.13. The lowest BCUT2D eigenvalue weighted by atomic mass is 9.80. The van der Waals surface area contributed by atoms with E-state index in [1.165, 1.54) is 25.7 Å². The number of hydrogen-bond acceptors (Lipinski definition) is 5. The predicted octanol–water partition coefficient (Wildman–Crippen LogP) is 2.72.